The third kappa shape index (κ3) is 4.00. The molecule has 134 valence electrons. The third-order valence-corrected chi connectivity index (χ3v) is 4.43. The molecule has 3 aromatic rings. The maximum Gasteiger partial charge on any atom is 0.223 e. The van der Waals surface area contributed by atoms with Crippen molar-refractivity contribution in [3.05, 3.63) is 84.2 Å². The summed E-state index contributed by atoms with van der Waals surface area (Å²) in [6.45, 7) is 3.59. The van der Waals surface area contributed by atoms with Crippen molar-refractivity contribution < 1.29 is 9.90 Å². The normalized spacial score (nSPS) is 14.4. The lowest BCUT2D eigenvalue weighted by molar-refractivity contribution is -0.126. The average Bonchev–Trinajstić information content (AvgIpc) is 3.16. The van der Waals surface area contributed by atoms with Crippen LogP contribution in [0.4, 0.5) is 0 Å². The standard InChI is InChI=1S/C21H23N3O2/c1-16(18-11-6-7-12-19(18)24-14-8-13-22-24)23-20(25)15-21(2,26)17-9-4-3-5-10-17/h3-14,16,26H,15H2,1-2H3,(H,23,25)/t16-,21+/m1/s1. The highest BCUT2D eigenvalue weighted by Gasteiger charge is 2.27. The Morgan fingerprint density at radius 1 is 1.15 bits per heavy atom. The van der Waals surface area contributed by atoms with Gasteiger partial charge in [-0.3, -0.25) is 4.79 Å². The zero-order valence-electron chi connectivity index (χ0n) is 15.0. The Labute approximate surface area is 153 Å². The van der Waals surface area contributed by atoms with E-state index in [0.29, 0.717) is 0 Å². The number of amides is 1. The monoisotopic (exact) mass is 349 g/mol. The fraction of sp³-hybridized carbons (Fsp3) is 0.238. The molecule has 1 amide bonds. The number of carbonyl (C=O) groups is 1. The Morgan fingerprint density at radius 3 is 2.54 bits per heavy atom. The Morgan fingerprint density at radius 2 is 1.85 bits per heavy atom. The number of hydrogen-bond acceptors (Lipinski definition) is 3. The average molecular weight is 349 g/mol. The van der Waals surface area contributed by atoms with Crippen molar-refractivity contribution in [3.63, 3.8) is 0 Å². The molecule has 2 N–H and O–H groups in total. The van der Waals surface area contributed by atoms with Gasteiger partial charge in [0.2, 0.25) is 5.91 Å². The van der Waals surface area contributed by atoms with Gasteiger partial charge in [-0.1, -0.05) is 48.5 Å². The second-order valence-corrected chi connectivity index (χ2v) is 6.62. The molecule has 3 rings (SSSR count). The van der Waals surface area contributed by atoms with Crippen molar-refractivity contribution in [1.29, 1.82) is 0 Å². The molecule has 0 aliphatic carbocycles. The van der Waals surface area contributed by atoms with E-state index in [4.69, 9.17) is 0 Å². The van der Waals surface area contributed by atoms with Gasteiger partial charge >= 0.3 is 0 Å². The van der Waals surface area contributed by atoms with E-state index in [9.17, 15) is 9.90 Å². The predicted molar refractivity (Wildman–Crippen MR) is 101 cm³/mol. The largest absolute Gasteiger partial charge is 0.385 e. The molecule has 0 saturated carbocycles. The van der Waals surface area contributed by atoms with E-state index in [0.717, 1.165) is 16.8 Å². The molecule has 5 heteroatoms. The first kappa shape index (κ1) is 17.9. The van der Waals surface area contributed by atoms with Crippen LogP contribution in [0, 0.1) is 0 Å². The first-order valence-corrected chi connectivity index (χ1v) is 8.63. The Hall–Kier alpha value is -2.92. The highest BCUT2D eigenvalue weighted by atomic mass is 16.3. The summed E-state index contributed by atoms with van der Waals surface area (Å²) < 4.78 is 1.78. The summed E-state index contributed by atoms with van der Waals surface area (Å²) in [7, 11) is 0. The van der Waals surface area contributed by atoms with Crippen molar-refractivity contribution in [2.75, 3.05) is 0 Å². The number of carbonyl (C=O) groups excluding carboxylic acids is 1. The van der Waals surface area contributed by atoms with Crippen LogP contribution in [0.15, 0.2) is 73.1 Å². The van der Waals surface area contributed by atoms with Crippen LogP contribution in [0.2, 0.25) is 0 Å². The summed E-state index contributed by atoms with van der Waals surface area (Å²) in [6.07, 6.45) is 3.58. The Bertz CT molecular complexity index is 858. The predicted octanol–water partition coefficient (Wildman–Crippen LogP) is 3.35. The van der Waals surface area contributed by atoms with E-state index in [1.54, 1.807) is 17.8 Å². The highest BCUT2D eigenvalue weighted by molar-refractivity contribution is 5.78. The van der Waals surface area contributed by atoms with Gasteiger partial charge in [0.05, 0.1) is 23.8 Å². The van der Waals surface area contributed by atoms with Crippen LogP contribution in [0.3, 0.4) is 0 Å². The van der Waals surface area contributed by atoms with E-state index < -0.39 is 5.60 Å². The number of aromatic nitrogens is 2. The van der Waals surface area contributed by atoms with Gasteiger partial charge in [-0.15, -0.1) is 0 Å². The molecule has 0 fully saturated rings. The first-order chi connectivity index (χ1) is 12.5. The van der Waals surface area contributed by atoms with Crippen LogP contribution in [0.25, 0.3) is 5.69 Å². The summed E-state index contributed by atoms with van der Waals surface area (Å²) in [5, 5.41) is 17.9. The quantitative estimate of drug-likeness (QED) is 0.717. The lowest BCUT2D eigenvalue weighted by Crippen LogP contribution is -2.34. The van der Waals surface area contributed by atoms with E-state index in [1.807, 2.05) is 73.8 Å². The molecule has 0 radical (unpaired) electrons. The number of nitrogens with one attached hydrogen (secondary N) is 1. The van der Waals surface area contributed by atoms with Gasteiger partial charge in [-0.2, -0.15) is 5.10 Å². The highest BCUT2D eigenvalue weighted by Crippen LogP contribution is 2.25. The van der Waals surface area contributed by atoms with Crippen molar-refractivity contribution in [3.8, 4) is 5.69 Å². The number of benzene rings is 2. The van der Waals surface area contributed by atoms with E-state index in [-0.39, 0.29) is 18.4 Å². The van der Waals surface area contributed by atoms with Gasteiger partial charge in [-0.05, 0) is 37.1 Å². The second kappa shape index (κ2) is 7.54. The van der Waals surface area contributed by atoms with Gasteiger partial charge in [-0.25, -0.2) is 4.68 Å². The lowest BCUT2D eigenvalue weighted by atomic mass is 9.92. The number of rotatable bonds is 6. The van der Waals surface area contributed by atoms with Crippen molar-refractivity contribution in [2.45, 2.75) is 31.9 Å². The number of nitrogens with zero attached hydrogens (tertiary/aromatic N) is 2. The number of aliphatic hydroxyl groups is 1. The zero-order chi connectivity index (χ0) is 18.6. The maximum atomic E-state index is 12.5. The molecule has 0 aliphatic heterocycles. The van der Waals surface area contributed by atoms with E-state index in [2.05, 4.69) is 10.4 Å². The van der Waals surface area contributed by atoms with Crippen LogP contribution in [-0.2, 0) is 10.4 Å². The molecule has 2 aromatic carbocycles. The molecule has 0 spiro atoms. The molecule has 1 heterocycles. The lowest BCUT2D eigenvalue weighted by Gasteiger charge is -2.25. The minimum absolute atomic E-state index is 0.00864. The molecule has 0 saturated heterocycles. The van der Waals surface area contributed by atoms with Gasteiger partial charge in [0.25, 0.3) is 0 Å². The SMILES string of the molecule is C[C@@H](NC(=O)C[C@](C)(O)c1ccccc1)c1ccccc1-n1cccn1. The number of para-hydroxylation sites is 1. The summed E-state index contributed by atoms with van der Waals surface area (Å²) in [5.41, 5.74) is 1.39. The Balaban J connectivity index is 1.73. The first-order valence-electron chi connectivity index (χ1n) is 8.63. The molecular weight excluding hydrogens is 326 g/mol. The summed E-state index contributed by atoms with van der Waals surface area (Å²) in [6, 6.07) is 18.7. The maximum absolute atomic E-state index is 12.5. The Kier molecular flexibility index (Phi) is 5.19. The molecule has 2 atom stereocenters. The molecule has 0 aliphatic rings. The molecule has 26 heavy (non-hydrogen) atoms. The van der Waals surface area contributed by atoms with Crippen molar-refractivity contribution >= 4 is 5.91 Å². The van der Waals surface area contributed by atoms with Crippen LogP contribution in [0.5, 0.6) is 0 Å². The summed E-state index contributed by atoms with van der Waals surface area (Å²) >= 11 is 0. The second-order valence-electron chi connectivity index (χ2n) is 6.62. The van der Waals surface area contributed by atoms with E-state index >= 15 is 0 Å². The van der Waals surface area contributed by atoms with Gasteiger partial charge in [0, 0.05) is 12.4 Å². The van der Waals surface area contributed by atoms with Gasteiger partial charge < -0.3 is 10.4 Å². The van der Waals surface area contributed by atoms with Crippen LogP contribution >= 0.6 is 0 Å². The summed E-state index contributed by atoms with van der Waals surface area (Å²) in [5.74, 6) is -0.207. The van der Waals surface area contributed by atoms with E-state index in [1.165, 1.54) is 0 Å². The molecule has 0 bridgehead atoms. The fourth-order valence-electron chi connectivity index (χ4n) is 3.06. The van der Waals surface area contributed by atoms with Crippen molar-refractivity contribution in [1.82, 2.24) is 15.1 Å². The molecular formula is C21H23N3O2. The fourth-order valence-corrected chi connectivity index (χ4v) is 3.06. The smallest absolute Gasteiger partial charge is 0.223 e. The number of hydrogen-bond donors (Lipinski definition) is 2. The van der Waals surface area contributed by atoms with Gasteiger partial charge in [0.15, 0.2) is 0 Å². The van der Waals surface area contributed by atoms with Crippen molar-refractivity contribution in [2.24, 2.45) is 0 Å². The molecule has 5 nitrogen and oxygen atoms in total. The third-order valence-electron chi connectivity index (χ3n) is 4.43. The van der Waals surface area contributed by atoms with Gasteiger partial charge in [0.1, 0.15) is 0 Å². The van der Waals surface area contributed by atoms with Crippen LogP contribution < -0.4 is 5.32 Å². The zero-order valence-corrected chi connectivity index (χ0v) is 15.0. The summed E-state index contributed by atoms with van der Waals surface area (Å²) in [4.78, 5) is 12.5. The topological polar surface area (TPSA) is 67.2 Å². The molecule has 1 aromatic heterocycles. The molecule has 0 unspecified atom stereocenters. The minimum atomic E-state index is -1.22. The van der Waals surface area contributed by atoms with Crippen LogP contribution in [0.1, 0.15) is 37.4 Å². The van der Waals surface area contributed by atoms with Crippen LogP contribution in [-0.4, -0.2) is 20.8 Å². The minimum Gasteiger partial charge on any atom is -0.385 e.